The minimum atomic E-state index is -0.101. The number of rotatable bonds is 4. The monoisotopic (exact) mass is 265 g/mol. The summed E-state index contributed by atoms with van der Waals surface area (Å²) in [5, 5.41) is 3.00. The lowest BCUT2D eigenvalue weighted by Gasteiger charge is -2.16. The molecule has 1 aliphatic carbocycles. The van der Waals surface area contributed by atoms with Gasteiger partial charge in [-0.25, -0.2) is 4.98 Å². The van der Waals surface area contributed by atoms with Crippen molar-refractivity contribution in [2.24, 2.45) is 0 Å². The van der Waals surface area contributed by atoms with Gasteiger partial charge in [-0.15, -0.1) is 11.8 Å². The van der Waals surface area contributed by atoms with Gasteiger partial charge in [-0.2, -0.15) is 0 Å². The molecule has 1 saturated carbocycles. The quantitative estimate of drug-likeness (QED) is 0.819. The van der Waals surface area contributed by atoms with Crippen LogP contribution in [0, 0.1) is 0 Å². The van der Waals surface area contributed by atoms with Crippen molar-refractivity contribution in [3.8, 4) is 0 Å². The lowest BCUT2D eigenvalue weighted by Crippen LogP contribution is -2.37. The molecule has 18 heavy (non-hydrogen) atoms. The van der Waals surface area contributed by atoms with Crippen molar-refractivity contribution in [2.45, 2.75) is 48.8 Å². The topological polar surface area (TPSA) is 68.0 Å². The van der Waals surface area contributed by atoms with Crippen molar-refractivity contribution in [2.75, 3.05) is 5.73 Å². The predicted molar refractivity (Wildman–Crippen MR) is 74.4 cm³/mol. The van der Waals surface area contributed by atoms with Crippen LogP contribution >= 0.6 is 11.8 Å². The van der Waals surface area contributed by atoms with Crippen molar-refractivity contribution >= 4 is 23.5 Å². The van der Waals surface area contributed by atoms with E-state index in [-0.39, 0.29) is 11.2 Å². The molecule has 1 aliphatic rings. The second kappa shape index (κ2) is 6.09. The molecule has 4 nitrogen and oxygen atoms in total. The Hall–Kier alpha value is -1.23. The maximum Gasteiger partial charge on any atom is 0.233 e. The summed E-state index contributed by atoms with van der Waals surface area (Å²) >= 11 is 1.51. The van der Waals surface area contributed by atoms with Crippen LogP contribution in [-0.2, 0) is 4.79 Å². The minimum absolute atomic E-state index is 0.101. The number of amides is 1. The van der Waals surface area contributed by atoms with Gasteiger partial charge in [-0.3, -0.25) is 4.79 Å². The van der Waals surface area contributed by atoms with E-state index in [1.54, 1.807) is 12.3 Å². The zero-order valence-electron chi connectivity index (χ0n) is 10.6. The van der Waals surface area contributed by atoms with Gasteiger partial charge in [0.15, 0.2) is 0 Å². The van der Waals surface area contributed by atoms with Crippen LogP contribution in [0.4, 0.5) is 5.82 Å². The molecule has 0 aliphatic heterocycles. The summed E-state index contributed by atoms with van der Waals surface area (Å²) in [6.45, 7) is 1.92. The van der Waals surface area contributed by atoms with E-state index in [1.807, 2.05) is 13.0 Å². The van der Waals surface area contributed by atoms with Crippen LogP contribution in [0.1, 0.15) is 32.6 Å². The van der Waals surface area contributed by atoms with Gasteiger partial charge in [0, 0.05) is 17.1 Å². The highest BCUT2D eigenvalue weighted by molar-refractivity contribution is 8.00. The molecule has 0 saturated heterocycles. The van der Waals surface area contributed by atoms with E-state index in [4.69, 9.17) is 5.73 Å². The summed E-state index contributed by atoms with van der Waals surface area (Å²) in [5.74, 6) is 0.617. The molecule has 2 rings (SSSR count). The number of hydrogen-bond acceptors (Lipinski definition) is 4. The number of carbonyl (C=O) groups is 1. The first-order chi connectivity index (χ1) is 8.65. The van der Waals surface area contributed by atoms with Crippen LogP contribution in [0.2, 0.25) is 0 Å². The number of anilines is 1. The molecule has 1 aromatic heterocycles. The van der Waals surface area contributed by atoms with Gasteiger partial charge < -0.3 is 11.1 Å². The van der Waals surface area contributed by atoms with E-state index in [2.05, 4.69) is 10.3 Å². The zero-order valence-corrected chi connectivity index (χ0v) is 11.4. The number of thioether (sulfide) groups is 1. The zero-order chi connectivity index (χ0) is 13.0. The summed E-state index contributed by atoms with van der Waals surface area (Å²) in [5.41, 5.74) is 5.53. The molecule has 98 valence electrons. The van der Waals surface area contributed by atoms with Gasteiger partial charge in [0.2, 0.25) is 5.91 Å². The van der Waals surface area contributed by atoms with E-state index in [1.165, 1.54) is 24.6 Å². The van der Waals surface area contributed by atoms with E-state index in [0.29, 0.717) is 11.9 Å². The second-order valence-electron chi connectivity index (χ2n) is 4.67. The van der Waals surface area contributed by atoms with Gasteiger partial charge in [-0.05, 0) is 31.9 Å². The van der Waals surface area contributed by atoms with Crippen molar-refractivity contribution in [3.05, 3.63) is 18.3 Å². The Labute approximate surface area is 112 Å². The Morgan fingerprint density at radius 3 is 2.83 bits per heavy atom. The maximum atomic E-state index is 12.0. The number of nitrogen functional groups attached to an aromatic ring is 1. The summed E-state index contributed by atoms with van der Waals surface area (Å²) < 4.78 is 0. The Kier molecular flexibility index (Phi) is 4.47. The molecule has 1 heterocycles. The average Bonchev–Trinajstić information content (AvgIpc) is 2.85. The summed E-state index contributed by atoms with van der Waals surface area (Å²) in [6.07, 6.45) is 6.40. The SMILES string of the molecule is CC(Sc1ccc(N)nc1)C(=O)NC1CCCC1. The summed E-state index contributed by atoms with van der Waals surface area (Å²) in [6, 6.07) is 4.03. The molecule has 5 heteroatoms. The highest BCUT2D eigenvalue weighted by atomic mass is 32.2. The predicted octanol–water partition coefficient (Wildman–Crippen LogP) is 2.20. The Morgan fingerprint density at radius 1 is 1.50 bits per heavy atom. The van der Waals surface area contributed by atoms with Crippen molar-refractivity contribution < 1.29 is 4.79 Å². The molecule has 0 radical (unpaired) electrons. The fraction of sp³-hybridized carbons (Fsp3) is 0.538. The van der Waals surface area contributed by atoms with Gasteiger partial charge >= 0.3 is 0 Å². The van der Waals surface area contributed by atoms with E-state index < -0.39 is 0 Å². The number of pyridine rings is 1. The fourth-order valence-electron chi connectivity index (χ4n) is 2.11. The van der Waals surface area contributed by atoms with E-state index in [9.17, 15) is 4.79 Å². The number of nitrogens with two attached hydrogens (primary N) is 1. The molecule has 1 fully saturated rings. The maximum absolute atomic E-state index is 12.0. The summed E-state index contributed by atoms with van der Waals surface area (Å²) in [7, 11) is 0. The number of hydrogen-bond donors (Lipinski definition) is 2. The Bertz CT molecular complexity index is 401. The van der Waals surface area contributed by atoms with Gasteiger partial charge in [-0.1, -0.05) is 12.8 Å². The van der Waals surface area contributed by atoms with Crippen LogP contribution in [0.15, 0.2) is 23.2 Å². The molecule has 0 spiro atoms. The first-order valence-corrected chi connectivity index (χ1v) is 7.21. The first kappa shape index (κ1) is 13.2. The van der Waals surface area contributed by atoms with Gasteiger partial charge in [0.05, 0.1) is 5.25 Å². The fourth-order valence-corrected chi connectivity index (χ4v) is 2.95. The molecule has 1 amide bonds. The molecule has 0 bridgehead atoms. The number of aromatic nitrogens is 1. The molecule has 1 unspecified atom stereocenters. The molecule has 1 aromatic rings. The van der Waals surface area contributed by atoms with E-state index >= 15 is 0 Å². The molecular formula is C13H19N3OS. The third-order valence-electron chi connectivity index (χ3n) is 3.14. The molecular weight excluding hydrogens is 246 g/mol. The van der Waals surface area contributed by atoms with Crippen LogP contribution in [0.25, 0.3) is 0 Å². The minimum Gasteiger partial charge on any atom is -0.384 e. The van der Waals surface area contributed by atoms with Crippen LogP contribution in [0.3, 0.4) is 0 Å². The molecule has 1 atom stereocenters. The molecule has 0 aromatic carbocycles. The number of carbonyl (C=O) groups excluding carboxylic acids is 1. The van der Waals surface area contributed by atoms with Crippen LogP contribution in [-0.4, -0.2) is 22.2 Å². The first-order valence-electron chi connectivity index (χ1n) is 6.33. The van der Waals surface area contributed by atoms with Gasteiger partial charge in [0.1, 0.15) is 5.82 Å². The smallest absolute Gasteiger partial charge is 0.233 e. The Morgan fingerprint density at radius 2 is 2.22 bits per heavy atom. The third-order valence-corrected chi connectivity index (χ3v) is 4.22. The lowest BCUT2D eigenvalue weighted by atomic mass is 10.2. The lowest BCUT2D eigenvalue weighted by molar-refractivity contribution is -0.120. The standard InChI is InChI=1S/C13H19N3OS/c1-9(13(17)16-10-4-2-3-5-10)18-11-6-7-12(14)15-8-11/h6-10H,2-5H2,1H3,(H2,14,15)(H,16,17). The third kappa shape index (κ3) is 3.63. The van der Waals surface area contributed by atoms with Crippen molar-refractivity contribution in [1.82, 2.24) is 10.3 Å². The highest BCUT2D eigenvalue weighted by Crippen LogP contribution is 2.24. The largest absolute Gasteiger partial charge is 0.384 e. The highest BCUT2D eigenvalue weighted by Gasteiger charge is 2.21. The van der Waals surface area contributed by atoms with Crippen molar-refractivity contribution in [1.29, 1.82) is 0 Å². The van der Waals surface area contributed by atoms with Crippen LogP contribution in [0.5, 0.6) is 0 Å². The van der Waals surface area contributed by atoms with Crippen molar-refractivity contribution in [3.63, 3.8) is 0 Å². The summed E-state index contributed by atoms with van der Waals surface area (Å²) in [4.78, 5) is 17.0. The number of nitrogens with one attached hydrogen (secondary N) is 1. The normalized spacial score (nSPS) is 17.6. The van der Waals surface area contributed by atoms with E-state index in [0.717, 1.165) is 17.7 Å². The Balaban J connectivity index is 1.84. The van der Waals surface area contributed by atoms with Gasteiger partial charge in [0.25, 0.3) is 0 Å². The number of nitrogens with zero attached hydrogens (tertiary/aromatic N) is 1. The second-order valence-corrected chi connectivity index (χ2v) is 6.08. The molecule has 3 N–H and O–H groups in total. The van der Waals surface area contributed by atoms with Crippen LogP contribution < -0.4 is 11.1 Å². The average molecular weight is 265 g/mol.